The van der Waals surface area contributed by atoms with Crippen LogP contribution in [0.2, 0.25) is 0 Å². The molecule has 11 heteroatoms. The second-order valence-corrected chi connectivity index (χ2v) is 10.6. The van der Waals surface area contributed by atoms with E-state index in [-0.39, 0.29) is 42.9 Å². The number of hydrogen-bond acceptors (Lipinski definition) is 3. The van der Waals surface area contributed by atoms with Crippen LogP contribution in [0, 0.1) is 5.92 Å². The van der Waals surface area contributed by atoms with Crippen molar-refractivity contribution in [3.05, 3.63) is 70.8 Å². The van der Waals surface area contributed by atoms with Crippen molar-refractivity contribution in [2.45, 2.75) is 43.6 Å². The predicted molar refractivity (Wildman–Crippen MR) is 131 cm³/mol. The van der Waals surface area contributed by atoms with Crippen molar-refractivity contribution in [3.8, 4) is 0 Å². The molecule has 0 aromatic heterocycles. The van der Waals surface area contributed by atoms with E-state index in [1.807, 2.05) is 35.2 Å². The molecule has 2 aromatic carbocycles. The van der Waals surface area contributed by atoms with Gasteiger partial charge in [-0.1, -0.05) is 30.3 Å². The summed E-state index contributed by atoms with van der Waals surface area (Å²) in [5, 5.41) is 0. The maximum atomic E-state index is 13.4. The predicted octanol–water partition coefficient (Wildman–Crippen LogP) is 5.28. The number of amides is 2. The Labute approximate surface area is 222 Å². The highest BCUT2D eigenvalue weighted by atomic mass is 19.4. The van der Waals surface area contributed by atoms with Gasteiger partial charge in [-0.25, -0.2) is 0 Å². The third-order valence-electron chi connectivity index (χ3n) is 7.95. The Bertz CT molecular complexity index is 1170. The van der Waals surface area contributed by atoms with Crippen LogP contribution in [0.15, 0.2) is 48.5 Å². The molecule has 5 nitrogen and oxygen atoms in total. The number of piperazine rings is 1. The summed E-state index contributed by atoms with van der Waals surface area (Å²) in [5.41, 5.74) is -2.70. The van der Waals surface area contributed by atoms with Crippen LogP contribution in [0.4, 0.5) is 26.3 Å². The van der Waals surface area contributed by atoms with Crippen molar-refractivity contribution in [3.63, 3.8) is 0 Å². The lowest BCUT2D eigenvalue weighted by atomic mass is 9.84. The second-order valence-electron chi connectivity index (χ2n) is 10.6. The van der Waals surface area contributed by atoms with Gasteiger partial charge in [-0.2, -0.15) is 26.3 Å². The zero-order valence-corrected chi connectivity index (χ0v) is 21.1. The van der Waals surface area contributed by atoms with Gasteiger partial charge in [0.25, 0.3) is 5.91 Å². The van der Waals surface area contributed by atoms with E-state index in [1.165, 1.54) is 4.90 Å². The zero-order valence-electron chi connectivity index (χ0n) is 21.1. The van der Waals surface area contributed by atoms with Crippen molar-refractivity contribution in [2.75, 3.05) is 39.3 Å². The molecule has 2 saturated heterocycles. The van der Waals surface area contributed by atoms with E-state index in [9.17, 15) is 35.9 Å². The van der Waals surface area contributed by atoms with Crippen molar-refractivity contribution in [1.29, 1.82) is 0 Å². The molecule has 0 bridgehead atoms. The first kappa shape index (κ1) is 27.5. The Balaban J connectivity index is 1.37. The number of carbonyl (C=O) groups is 2. The van der Waals surface area contributed by atoms with Gasteiger partial charge in [0.1, 0.15) is 0 Å². The van der Waals surface area contributed by atoms with Gasteiger partial charge in [0.15, 0.2) is 0 Å². The van der Waals surface area contributed by atoms with Crippen LogP contribution >= 0.6 is 0 Å². The molecule has 5 rings (SSSR count). The number of carbonyl (C=O) groups excluding carboxylic acids is 2. The molecule has 2 amide bonds. The average molecular weight is 554 g/mol. The minimum absolute atomic E-state index is 0.0156. The smallest absolute Gasteiger partial charge is 0.340 e. The normalized spacial score (nSPS) is 23.1. The van der Waals surface area contributed by atoms with Crippen LogP contribution in [-0.4, -0.2) is 71.8 Å². The van der Waals surface area contributed by atoms with E-state index in [0.717, 1.165) is 18.4 Å². The zero-order chi connectivity index (χ0) is 27.9. The lowest BCUT2D eigenvalue weighted by Gasteiger charge is -2.47. The quantitative estimate of drug-likeness (QED) is 0.485. The maximum absolute atomic E-state index is 13.4. The summed E-state index contributed by atoms with van der Waals surface area (Å²) in [6, 6.07) is 10.5. The Morgan fingerprint density at radius 1 is 0.718 bits per heavy atom. The molecule has 0 radical (unpaired) electrons. The molecule has 2 atom stereocenters. The highest BCUT2D eigenvalue weighted by molar-refractivity contribution is 5.95. The molecule has 1 saturated carbocycles. The van der Waals surface area contributed by atoms with E-state index >= 15 is 0 Å². The largest absolute Gasteiger partial charge is 0.416 e. The number of likely N-dealkylation sites (tertiary alicyclic amines) is 1. The van der Waals surface area contributed by atoms with Crippen molar-refractivity contribution >= 4 is 11.8 Å². The van der Waals surface area contributed by atoms with Crippen molar-refractivity contribution in [2.24, 2.45) is 5.92 Å². The Hall–Kier alpha value is -3.08. The number of rotatable bonds is 4. The van der Waals surface area contributed by atoms with Crippen molar-refractivity contribution in [1.82, 2.24) is 14.7 Å². The first-order valence-electron chi connectivity index (χ1n) is 13.1. The van der Waals surface area contributed by atoms with Gasteiger partial charge >= 0.3 is 12.4 Å². The molecule has 0 N–H and O–H groups in total. The van der Waals surface area contributed by atoms with Gasteiger partial charge in [0.05, 0.1) is 11.1 Å². The van der Waals surface area contributed by atoms with Gasteiger partial charge < -0.3 is 9.80 Å². The molecule has 39 heavy (non-hydrogen) atoms. The number of piperidine rings is 1. The molecule has 2 heterocycles. The third kappa shape index (κ3) is 6.08. The van der Waals surface area contributed by atoms with Crippen LogP contribution in [0.3, 0.4) is 0 Å². The standard InChI is InChI=1S/C28H29F6N3O2/c29-27(30,31)21-14-20(15-22(16-21)28(32,33)34)26(39)37-9-8-24(23(17-37)18-4-2-1-3-5-18)35-10-12-36(13-11-35)25(38)19-6-7-19/h1-5,14-16,19,23-24H,6-13,17H2/t23-,24-/m1/s1. The van der Waals surface area contributed by atoms with Crippen LogP contribution in [-0.2, 0) is 17.1 Å². The van der Waals surface area contributed by atoms with Crippen LogP contribution in [0.25, 0.3) is 0 Å². The number of halogens is 6. The van der Waals surface area contributed by atoms with Crippen LogP contribution in [0.5, 0.6) is 0 Å². The summed E-state index contributed by atoms with van der Waals surface area (Å²) in [6.45, 7) is 2.92. The van der Waals surface area contributed by atoms with Gasteiger partial charge in [0, 0.05) is 62.7 Å². The molecule has 2 aromatic rings. The lowest BCUT2D eigenvalue weighted by molar-refractivity contribution is -0.143. The molecule has 1 aliphatic carbocycles. The third-order valence-corrected chi connectivity index (χ3v) is 7.95. The molecule has 0 unspecified atom stereocenters. The maximum Gasteiger partial charge on any atom is 0.416 e. The lowest BCUT2D eigenvalue weighted by Crippen LogP contribution is -2.57. The van der Waals surface area contributed by atoms with E-state index in [2.05, 4.69) is 4.90 Å². The Morgan fingerprint density at radius 3 is 1.85 bits per heavy atom. The van der Waals surface area contributed by atoms with E-state index in [0.29, 0.717) is 44.7 Å². The van der Waals surface area contributed by atoms with Crippen LogP contribution in [0.1, 0.15) is 52.2 Å². The number of nitrogens with zero attached hydrogens (tertiary/aromatic N) is 3. The van der Waals surface area contributed by atoms with Gasteiger partial charge in [-0.15, -0.1) is 0 Å². The number of alkyl halides is 6. The minimum atomic E-state index is -5.03. The summed E-state index contributed by atoms with van der Waals surface area (Å²) in [5.74, 6) is -0.695. The monoisotopic (exact) mass is 553 g/mol. The van der Waals surface area contributed by atoms with E-state index in [1.54, 1.807) is 0 Å². The fourth-order valence-corrected chi connectivity index (χ4v) is 5.71. The fourth-order valence-electron chi connectivity index (χ4n) is 5.71. The fraction of sp³-hybridized carbons (Fsp3) is 0.500. The first-order valence-corrected chi connectivity index (χ1v) is 13.1. The molecule has 0 spiro atoms. The first-order chi connectivity index (χ1) is 18.4. The SMILES string of the molecule is O=C(c1cc(C(F)(F)F)cc(C(F)(F)F)c1)N1CC[C@@H](N2CCN(C(=O)C3CC3)CC2)[C@@H](c2ccccc2)C1. The van der Waals surface area contributed by atoms with Gasteiger partial charge in [0.2, 0.25) is 5.91 Å². The molecule has 2 aliphatic heterocycles. The van der Waals surface area contributed by atoms with Gasteiger partial charge in [-0.05, 0) is 43.0 Å². The average Bonchev–Trinajstić information content (AvgIpc) is 3.77. The summed E-state index contributed by atoms with van der Waals surface area (Å²) in [6.07, 6.45) is -7.67. The number of hydrogen-bond donors (Lipinski definition) is 0. The topological polar surface area (TPSA) is 43.9 Å². The Kier molecular flexibility index (Phi) is 7.39. The van der Waals surface area contributed by atoms with Gasteiger partial charge in [-0.3, -0.25) is 14.5 Å². The summed E-state index contributed by atoms with van der Waals surface area (Å²) < 4.78 is 80.3. The minimum Gasteiger partial charge on any atom is -0.340 e. The second kappa shape index (κ2) is 10.5. The van der Waals surface area contributed by atoms with Crippen LogP contribution < -0.4 is 0 Å². The highest BCUT2D eigenvalue weighted by Gasteiger charge is 2.41. The summed E-state index contributed by atoms with van der Waals surface area (Å²) in [4.78, 5) is 31.4. The summed E-state index contributed by atoms with van der Waals surface area (Å²) >= 11 is 0. The van der Waals surface area contributed by atoms with E-state index in [4.69, 9.17) is 0 Å². The number of benzene rings is 2. The molecule has 3 fully saturated rings. The van der Waals surface area contributed by atoms with Crippen molar-refractivity contribution < 1.29 is 35.9 Å². The van der Waals surface area contributed by atoms with E-state index < -0.39 is 35.0 Å². The molecule has 3 aliphatic rings. The molecule has 210 valence electrons. The molecular weight excluding hydrogens is 524 g/mol. The molecular formula is C28H29F6N3O2. The summed E-state index contributed by atoms with van der Waals surface area (Å²) in [7, 11) is 0. The highest BCUT2D eigenvalue weighted by Crippen LogP contribution is 2.38. The Morgan fingerprint density at radius 2 is 1.31 bits per heavy atom.